The smallest absolute Gasteiger partial charge is 0.123 e. The molecule has 0 N–H and O–H groups in total. The van der Waals surface area contributed by atoms with Crippen LogP contribution in [0.4, 0.5) is 4.39 Å². The van der Waals surface area contributed by atoms with E-state index in [1.165, 1.54) is 62.2 Å². The van der Waals surface area contributed by atoms with Crippen molar-refractivity contribution in [3.8, 4) is 0 Å². The molecule has 0 atom stereocenters. The van der Waals surface area contributed by atoms with E-state index in [0.29, 0.717) is 0 Å². The van der Waals surface area contributed by atoms with E-state index in [0.717, 1.165) is 12.0 Å². The van der Waals surface area contributed by atoms with Gasteiger partial charge in [-0.25, -0.2) is 4.39 Å². The van der Waals surface area contributed by atoms with Gasteiger partial charge in [-0.15, -0.1) is 0 Å². The Bertz CT molecular complexity index is 2400. The lowest BCUT2D eigenvalue weighted by molar-refractivity contribution is 0.622. The van der Waals surface area contributed by atoms with Gasteiger partial charge in [-0.3, -0.25) is 0 Å². The molecule has 0 unspecified atom stereocenters. The van der Waals surface area contributed by atoms with Crippen molar-refractivity contribution in [2.45, 2.75) is 31.1 Å². The van der Waals surface area contributed by atoms with E-state index in [2.05, 4.69) is 214 Å². The van der Waals surface area contributed by atoms with Crippen molar-refractivity contribution in [3.05, 3.63) is 322 Å². The molecule has 0 heterocycles. The van der Waals surface area contributed by atoms with Gasteiger partial charge in [0.25, 0.3) is 0 Å². The molecule has 0 nitrogen and oxygen atoms in total. The molecule has 60 heavy (non-hydrogen) atoms. The van der Waals surface area contributed by atoms with Gasteiger partial charge in [0, 0.05) is 5.41 Å². The molecule has 0 aliphatic carbocycles. The SMILES string of the molecule is CC(c1ccccc1)(c1ccccc1)c1ccc(F)cc1.Cc1ccc(C(c2ccccc2)(c2ccccc2)c2ccccc2)cc1.c1ccc(Cc2ccccc2)cc1. The monoisotopic (exact) mass is 778 g/mol. The van der Waals surface area contributed by atoms with Gasteiger partial charge in [-0.05, 0) is 82.5 Å². The summed E-state index contributed by atoms with van der Waals surface area (Å²) in [5.74, 6) is -0.206. The molecule has 0 spiro atoms. The molecule has 0 bridgehead atoms. The number of rotatable bonds is 9. The molecule has 9 rings (SSSR count). The third-order valence-corrected chi connectivity index (χ3v) is 11.3. The minimum atomic E-state index is -0.336. The summed E-state index contributed by atoms with van der Waals surface area (Å²) < 4.78 is 13.3. The van der Waals surface area contributed by atoms with E-state index in [9.17, 15) is 4.39 Å². The minimum absolute atomic E-state index is 0.206. The fraction of sp³-hybridized carbons (Fsp3) is 0.0847. The first-order valence-corrected chi connectivity index (χ1v) is 20.7. The summed E-state index contributed by atoms with van der Waals surface area (Å²) >= 11 is 0. The molecule has 9 aromatic rings. The van der Waals surface area contributed by atoms with E-state index in [4.69, 9.17) is 0 Å². The molecule has 294 valence electrons. The molecule has 0 aromatic heterocycles. The van der Waals surface area contributed by atoms with Crippen LogP contribution in [0.1, 0.15) is 62.6 Å². The average Bonchev–Trinajstić information content (AvgIpc) is 3.32. The second-order valence-electron chi connectivity index (χ2n) is 15.2. The summed E-state index contributed by atoms with van der Waals surface area (Å²) in [4.78, 5) is 0. The second kappa shape index (κ2) is 20.1. The van der Waals surface area contributed by atoms with Crippen LogP contribution in [-0.4, -0.2) is 0 Å². The van der Waals surface area contributed by atoms with E-state index >= 15 is 0 Å². The molecule has 0 radical (unpaired) electrons. The van der Waals surface area contributed by atoms with Gasteiger partial charge >= 0.3 is 0 Å². The zero-order valence-electron chi connectivity index (χ0n) is 34.4. The maximum Gasteiger partial charge on any atom is 0.123 e. The maximum atomic E-state index is 13.3. The minimum Gasteiger partial charge on any atom is -0.207 e. The Morgan fingerprint density at radius 1 is 0.300 bits per heavy atom. The van der Waals surface area contributed by atoms with E-state index in [1.54, 1.807) is 0 Å². The number of hydrogen-bond acceptors (Lipinski definition) is 0. The number of benzene rings is 9. The predicted molar refractivity (Wildman–Crippen MR) is 250 cm³/mol. The second-order valence-corrected chi connectivity index (χ2v) is 15.2. The Labute approximate surface area is 356 Å². The van der Waals surface area contributed by atoms with Gasteiger partial charge in [0.05, 0.1) is 5.41 Å². The van der Waals surface area contributed by atoms with Gasteiger partial charge in [0.15, 0.2) is 0 Å². The normalized spacial score (nSPS) is 11.0. The van der Waals surface area contributed by atoms with Crippen LogP contribution in [0, 0.1) is 12.7 Å². The summed E-state index contributed by atoms with van der Waals surface area (Å²) in [7, 11) is 0. The van der Waals surface area contributed by atoms with Crippen LogP contribution in [0.5, 0.6) is 0 Å². The molecule has 0 saturated heterocycles. The van der Waals surface area contributed by atoms with Gasteiger partial charge in [0.2, 0.25) is 0 Å². The molecule has 9 aromatic carbocycles. The van der Waals surface area contributed by atoms with Crippen LogP contribution < -0.4 is 0 Å². The molecule has 0 aliphatic heterocycles. The van der Waals surface area contributed by atoms with Crippen molar-refractivity contribution in [3.63, 3.8) is 0 Å². The number of aryl methyl sites for hydroxylation is 1. The lowest BCUT2D eigenvalue weighted by Gasteiger charge is -2.36. The van der Waals surface area contributed by atoms with Gasteiger partial charge in [-0.2, -0.15) is 0 Å². The first-order chi connectivity index (χ1) is 29.5. The van der Waals surface area contributed by atoms with Crippen LogP contribution in [0.15, 0.2) is 261 Å². The van der Waals surface area contributed by atoms with Crippen LogP contribution in [0.2, 0.25) is 0 Å². The van der Waals surface area contributed by atoms with Crippen LogP contribution in [0.25, 0.3) is 0 Å². The largest absolute Gasteiger partial charge is 0.207 e. The van der Waals surface area contributed by atoms with Crippen molar-refractivity contribution in [1.82, 2.24) is 0 Å². The number of hydrogen-bond donors (Lipinski definition) is 0. The maximum absolute atomic E-state index is 13.3. The molecule has 0 amide bonds. The molecule has 0 saturated carbocycles. The van der Waals surface area contributed by atoms with Crippen molar-refractivity contribution < 1.29 is 4.39 Å². The zero-order chi connectivity index (χ0) is 41.5. The lowest BCUT2D eigenvalue weighted by atomic mass is 9.65. The van der Waals surface area contributed by atoms with Gasteiger partial charge < -0.3 is 0 Å². The standard InChI is InChI=1S/C26H22.C20H17F.C13H12/c1-21-17-19-25(20-18-21)26(22-11-5-2-6-12-22,23-13-7-3-8-14-23)24-15-9-4-10-16-24;1-20(16-8-4-2-5-9-16,17-10-6-3-7-11-17)18-12-14-19(21)15-13-18;1-3-7-12(8-4-1)11-13-9-5-2-6-10-13/h2-20H,1H3;2-15H,1H3;1-10H,11H2. The van der Waals surface area contributed by atoms with E-state index in [1.807, 2.05) is 48.5 Å². The third-order valence-electron chi connectivity index (χ3n) is 11.3. The predicted octanol–water partition coefficient (Wildman–Crippen LogP) is 14.8. The Morgan fingerprint density at radius 2 is 0.550 bits per heavy atom. The van der Waals surface area contributed by atoms with Crippen LogP contribution >= 0.6 is 0 Å². The summed E-state index contributed by atoms with van der Waals surface area (Å²) in [6, 6.07) is 89.9. The highest BCUT2D eigenvalue weighted by Crippen LogP contribution is 2.45. The third kappa shape index (κ3) is 9.60. The van der Waals surface area contributed by atoms with E-state index in [-0.39, 0.29) is 16.6 Å². The first kappa shape index (κ1) is 41.1. The van der Waals surface area contributed by atoms with Crippen LogP contribution in [0.3, 0.4) is 0 Å². The van der Waals surface area contributed by atoms with Crippen molar-refractivity contribution in [2.24, 2.45) is 0 Å². The number of halogens is 1. The Kier molecular flexibility index (Phi) is 13.7. The summed E-state index contributed by atoms with van der Waals surface area (Å²) in [5, 5.41) is 0. The van der Waals surface area contributed by atoms with Gasteiger partial charge in [0.1, 0.15) is 5.82 Å². The molecule has 0 aliphatic rings. The summed E-state index contributed by atoms with van der Waals surface area (Å²) in [5.41, 5.74) is 12.0. The fourth-order valence-corrected chi connectivity index (χ4v) is 8.12. The first-order valence-electron chi connectivity index (χ1n) is 20.7. The Hall–Kier alpha value is -7.09. The Morgan fingerprint density at radius 3 is 0.883 bits per heavy atom. The fourth-order valence-electron chi connectivity index (χ4n) is 8.12. The lowest BCUT2D eigenvalue weighted by Crippen LogP contribution is -2.30. The molecular formula is C59H51F. The average molecular weight is 779 g/mol. The molecule has 1 heteroatoms. The summed E-state index contributed by atoms with van der Waals surface area (Å²) in [6.45, 7) is 4.32. The van der Waals surface area contributed by atoms with Crippen molar-refractivity contribution in [2.75, 3.05) is 0 Å². The van der Waals surface area contributed by atoms with E-state index < -0.39 is 0 Å². The highest BCUT2D eigenvalue weighted by molar-refractivity contribution is 5.60. The Balaban J connectivity index is 0.000000144. The van der Waals surface area contributed by atoms with Gasteiger partial charge in [-0.1, -0.05) is 254 Å². The highest BCUT2D eigenvalue weighted by atomic mass is 19.1. The summed E-state index contributed by atoms with van der Waals surface area (Å²) in [6.07, 6.45) is 1.03. The molecular weight excluding hydrogens is 728 g/mol. The van der Waals surface area contributed by atoms with Crippen molar-refractivity contribution >= 4 is 0 Å². The van der Waals surface area contributed by atoms with Crippen LogP contribution in [-0.2, 0) is 17.3 Å². The zero-order valence-corrected chi connectivity index (χ0v) is 34.4. The topological polar surface area (TPSA) is 0 Å². The highest BCUT2D eigenvalue weighted by Gasteiger charge is 2.38. The molecule has 0 fully saturated rings. The van der Waals surface area contributed by atoms with Crippen molar-refractivity contribution in [1.29, 1.82) is 0 Å². The quantitative estimate of drug-likeness (QED) is 0.128.